The molecule has 6 heteroatoms. The Morgan fingerprint density at radius 1 is 1.17 bits per heavy atom. The van der Waals surface area contributed by atoms with E-state index >= 15 is 0 Å². The first kappa shape index (κ1) is 16.2. The molecule has 24 heavy (non-hydrogen) atoms. The van der Waals surface area contributed by atoms with E-state index in [9.17, 15) is 9.59 Å². The zero-order chi connectivity index (χ0) is 17.5. The number of imide groups is 1. The van der Waals surface area contributed by atoms with Crippen LogP contribution in [0.4, 0.5) is 4.79 Å². The predicted molar refractivity (Wildman–Crippen MR) is 90.2 cm³/mol. The Kier molecular flexibility index (Phi) is 3.91. The SMILES string of the molecule is CC(C)c1ccc(C2(C)NC(=O)N(Cc3ccnn3C)C2=O)cc1. The first-order valence-corrected chi connectivity index (χ1v) is 8.04. The lowest BCUT2D eigenvalue weighted by Gasteiger charge is -2.23. The minimum absolute atomic E-state index is 0.209. The van der Waals surface area contributed by atoms with Gasteiger partial charge in [-0.2, -0.15) is 5.10 Å². The van der Waals surface area contributed by atoms with E-state index in [0.717, 1.165) is 11.3 Å². The Bertz CT molecular complexity index is 779. The van der Waals surface area contributed by atoms with Crippen LogP contribution in [0.5, 0.6) is 0 Å². The number of hydrogen-bond donors (Lipinski definition) is 1. The second-order valence-electron chi connectivity index (χ2n) is 6.67. The summed E-state index contributed by atoms with van der Waals surface area (Å²) >= 11 is 0. The van der Waals surface area contributed by atoms with Crippen molar-refractivity contribution in [3.8, 4) is 0 Å². The first-order valence-electron chi connectivity index (χ1n) is 8.04. The summed E-state index contributed by atoms with van der Waals surface area (Å²) in [5.74, 6) is 0.174. The maximum atomic E-state index is 12.9. The van der Waals surface area contributed by atoms with Crippen LogP contribution < -0.4 is 5.32 Å². The minimum atomic E-state index is -1.04. The van der Waals surface area contributed by atoms with E-state index in [1.165, 1.54) is 10.5 Å². The quantitative estimate of drug-likeness (QED) is 0.878. The third kappa shape index (κ3) is 2.58. The summed E-state index contributed by atoms with van der Waals surface area (Å²) in [6.07, 6.45) is 1.65. The smallest absolute Gasteiger partial charge is 0.319 e. The van der Waals surface area contributed by atoms with Crippen LogP contribution in [-0.4, -0.2) is 26.6 Å². The molecule has 1 atom stereocenters. The van der Waals surface area contributed by atoms with Gasteiger partial charge in [0, 0.05) is 13.2 Å². The van der Waals surface area contributed by atoms with Crippen LogP contribution >= 0.6 is 0 Å². The summed E-state index contributed by atoms with van der Waals surface area (Å²) in [6, 6.07) is 9.27. The molecule has 6 nitrogen and oxygen atoms in total. The van der Waals surface area contributed by atoms with Crippen molar-refractivity contribution < 1.29 is 9.59 Å². The van der Waals surface area contributed by atoms with Crippen molar-refractivity contribution in [2.75, 3.05) is 0 Å². The van der Waals surface area contributed by atoms with Gasteiger partial charge in [-0.05, 0) is 30.0 Å². The number of carbonyl (C=O) groups excluding carboxylic acids is 2. The number of hydrogen-bond acceptors (Lipinski definition) is 3. The van der Waals surface area contributed by atoms with Crippen molar-refractivity contribution in [1.82, 2.24) is 20.0 Å². The number of benzene rings is 1. The summed E-state index contributed by atoms with van der Waals surface area (Å²) in [5.41, 5.74) is 1.76. The number of carbonyl (C=O) groups is 2. The molecular formula is C18H22N4O2. The largest absolute Gasteiger partial charge is 0.325 e. The van der Waals surface area contributed by atoms with Crippen molar-refractivity contribution in [2.45, 2.75) is 38.8 Å². The number of amides is 3. The van der Waals surface area contributed by atoms with Crippen LogP contribution in [0.2, 0.25) is 0 Å². The number of aromatic nitrogens is 2. The Morgan fingerprint density at radius 2 is 1.83 bits per heavy atom. The second kappa shape index (κ2) is 5.78. The number of aryl methyl sites for hydroxylation is 1. The third-order valence-electron chi connectivity index (χ3n) is 4.67. The van der Waals surface area contributed by atoms with Crippen LogP contribution in [0.1, 0.15) is 43.5 Å². The van der Waals surface area contributed by atoms with Crippen molar-refractivity contribution >= 4 is 11.9 Å². The molecule has 3 rings (SSSR count). The molecule has 1 saturated heterocycles. The number of urea groups is 1. The predicted octanol–water partition coefficient (Wildman–Crippen LogP) is 2.51. The zero-order valence-electron chi connectivity index (χ0n) is 14.4. The zero-order valence-corrected chi connectivity index (χ0v) is 14.4. The van der Waals surface area contributed by atoms with Crippen LogP contribution in [0.25, 0.3) is 0 Å². The minimum Gasteiger partial charge on any atom is -0.319 e. The molecule has 1 aliphatic rings. The second-order valence-corrected chi connectivity index (χ2v) is 6.67. The average Bonchev–Trinajstić information content (AvgIpc) is 3.05. The van der Waals surface area contributed by atoms with Crippen molar-refractivity contribution in [2.24, 2.45) is 7.05 Å². The van der Waals surface area contributed by atoms with Gasteiger partial charge in [-0.25, -0.2) is 4.79 Å². The monoisotopic (exact) mass is 326 g/mol. The molecule has 0 spiro atoms. The molecule has 1 unspecified atom stereocenters. The highest BCUT2D eigenvalue weighted by molar-refractivity contribution is 6.07. The highest BCUT2D eigenvalue weighted by atomic mass is 16.2. The van der Waals surface area contributed by atoms with E-state index in [1.54, 1.807) is 30.9 Å². The van der Waals surface area contributed by atoms with E-state index in [1.807, 2.05) is 24.3 Å². The highest BCUT2D eigenvalue weighted by Gasteiger charge is 2.49. The average molecular weight is 326 g/mol. The Hall–Kier alpha value is -2.63. The topological polar surface area (TPSA) is 67.2 Å². The molecule has 1 N–H and O–H groups in total. The fraction of sp³-hybridized carbons (Fsp3) is 0.389. The van der Waals surface area contributed by atoms with E-state index in [0.29, 0.717) is 5.92 Å². The van der Waals surface area contributed by atoms with Crippen LogP contribution in [0.3, 0.4) is 0 Å². The third-order valence-corrected chi connectivity index (χ3v) is 4.67. The summed E-state index contributed by atoms with van der Waals surface area (Å²) < 4.78 is 1.66. The molecule has 0 aliphatic carbocycles. The molecule has 1 aliphatic heterocycles. The van der Waals surface area contributed by atoms with Crippen molar-refractivity contribution in [3.63, 3.8) is 0 Å². The van der Waals surface area contributed by atoms with Gasteiger partial charge >= 0.3 is 6.03 Å². The fourth-order valence-electron chi connectivity index (χ4n) is 2.96. The van der Waals surface area contributed by atoms with Gasteiger partial charge in [0.1, 0.15) is 5.54 Å². The molecule has 2 aromatic rings. The molecule has 0 radical (unpaired) electrons. The van der Waals surface area contributed by atoms with E-state index < -0.39 is 5.54 Å². The molecule has 1 aromatic heterocycles. The van der Waals surface area contributed by atoms with E-state index in [2.05, 4.69) is 24.3 Å². The molecule has 0 saturated carbocycles. The molecule has 1 fully saturated rings. The standard InChI is InChI=1S/C18H22N4O2/c1-12(2)13-5-7-14(8-6-13)18(3)16(23)22(17(24)20-18)11-15-9-10-19-21(15)4/h5-10,12H,11H2,1-4H3,(H,20,24). The normalized spacial score (nSPS) is 20.8. The lowest BCUT2D eigenvalue weighted by Crippen LogP contribution is -2.40. The van der Waals surface area contributed by atoms with Gasteiger partial charge < -0.3 is 5.32 Å². The lowest BCUT2D eigenvalue weighted by molar-refractivity contribution is -0.131. The van der Waals surface area contributed by atoms with Gasteiger partial charge in [-0.1, -0.05) is 38.1 Å². The highest BCUT2D eigenvalue weighted by Crippen LogP contribution is 2.30. The summed E-state index contributed by atoms with van der Waals surface area (Å²) in [7, 11) is 1.79. The van der Waals surface area contributed by atoms with E-state index in [-0.39, 0.29) is 18.5 Å². The molecule has 2 heterocycles. The summed E-state index contributed by atoms with van der Waals surface area (Å²) in [5, 5.41) is 6.91. The Morgan fingerprint density at radius 3 is 2.38 bits per heavy atom. The molecule has 126 valence electrons. The van der Waals surface area contributed by atoms with E-state index in [4.69, 9.17) is 0 Å². The molecule has 3 amide bonds. The lowest BCUT2D eigenvalue weighted by atomic mass is 9.90. The van der Waals surface area contributed by atoms with Gasteiger partial charge in [0.25, 0.3) is 5.91 Å². The summed E-state index contributed by atoms with van der Waals surface area (Å²) in [6.45, 7) is 6.20. The van der Waals surface area contributed by atoms with Crippen molar-refractivity contribution in [1.29, 1.82) is 0 Å². The molecule has 1 aromatic carbocycles. The van der Waals surface area contributed by atoms with Crippen LogP contribution in [-0.2, 0) is 23.9 Å². The molecule has 0 bridgehead atoms. The molecular weight excluding hydrogens is 304 g/mol. The van der Waals surface area contributed by atoms with Crippen molar-refractivity contribution in [3.05, 3.63) is 53.3 Å². The van der Waals surface area contributed by atoms with Gasteiger partial charge in [0.15, 0.2) is 0 Å². The fourth-order valence-corrected chi connectivity index (χ4v) is 2.96. The maximum Gasteiger partial charge on any atom is 0.325 e. The summed E-state index contributed by atoms with van der Waals surface area (Å²) in [4.78, 5) is 26.5. The number of nitrogens with one attached hydrogen (secondary N) is 1. The Labute approximate surface area is 141 Å². The number of nitrogens with zero attached hydrogens (tertiary/aromatic N) is 3. The first-order chi connectivity index (χ1) is 11.3. The number of rotatable bonds is 4. The van der Waals surface area contributed by atoms with Gasteiger partial charge in [-0.15, -0.1) is 0 Å². The van der Waals surface area contributed by atoms with Crippen LogP contribution in [0, 0.1) is 0 Å². The Balaban J connectivity index is 1.87. The maximum absolute atomic E-state index is 12.9. The van der Waals surface area contributed by atoms with Crippen LogP contribution in [0.15, 0.2) is 36.5 Å². The van der Waals surface area contributed by atoms with Gasteiger partial charge in [-0.3, -0.25) is 14.4 Å². The van der Waals surface area contributed by atoms with Gasteiger partial charge in [0.05, 0.1) is 12.2 Å². The van der Waals surface area contributed by atoms with Gasteiger partial charge in [0.2, 0.25) is 0 Å².